The van der Waals surface area contributed by atoms with Crippen LogP contribution in [0.2, 0.25) is 0 Å². The van der Waals surface area contributed by atoms with Gasteiger partial charge in [0.2, 0.25) is 0 Å². The summed E-state index contributed by atoms with van der Waals surface area (Å²) in [5, 5.41) is 27.2. The van der Waals surface area contributed by atoms with E-state index in [2.05, 4.69) is 6.58 Å². The van der Waals surface area contributed by atoms with Crippen molar-refractivity contribution in [3.63, 3.8) is 0 Å². The zero-order chi connectivity index (χ0) is 15.6. The van der Waals surface area contributed by atoms with Crippen molar-refractivity contribution >= 4 is 12.1 Å². The molecule has 0 aliphatic heterocycles. The van der Waals surface area contributed by atoms with Gasteiger partial charge >= 0.3 is 12.1 Å². The van der Waals surface area contributed by atoms with Gasteiger partial charge in [-0.25, -0.2) is 9.59 Å². The van der Waals surface area contributed by atoms with Crippen LogP contribution in [0.1, 0.15) is 0 Å². The maximum atomic E-state index is 11.6. The van der Waals surface area contributed by atoms with Crippen LogP contribution in [-0.2, 0) is 14.3 Å². The molecule has 3 N–H and O–H groups in total. The normalized spacial score (nSPS) is 10.8. The van der Waals surface area contributed by atoms with Gasteiger partial charge in [0.1, 0.15) is 13.2 Å². The number of ether oxygens (including phenoxy) is 2. The third-order valence-electron chi connectivity index (χ3n) is 2.66. The summed E-state index contributed by atoms with van der Waals surface area (Å²) in [5.41, 5.74) is -1.27. The van der Waals surface area contributed by atoms with Crippen LogP contribution in [0.15, 0.2) is 12.7 Å². The molecule has 0 spiro atoms. The highest BCUT2D eigenvalue weighted by atomic mass is 16.6. The second-order valence-electron chi connectivity index (χ2n) is 4.32. The molecule has 0 rings (SSSR count). The summed E-state index contributed by atoms with van der Waals surface area (Å²) >= 11 is 0. The minimum Gasteiger partial charge on any atom is -0.461 e. The highest BCUT2D eigenvalue weighted by Crippen LogP contribution is 2.15. The Balaban J connectivity index is 4.13. The van der Waals surface area contributed by atoms with Gasteiger partial charge in [0.05, 0.1) is 31.8 Å². The van der Waals surface area contributed by atoms with Gasteiger partial charge in [-0.3, -0.25) is 0 Å². The third-order valence-corrected chi connectivity index (χ3v) is 2.66. The lowest BCUT2D eigenvalue weighted by Gasteiger charge is -2.27. The van der Waals surface area contributed by atoms with Gasteiger partial charge in [-0.15, -0.1) is 0 Å². The summed E-state index contributed by atoms with van der Waals surface area (Å²) in [6.45, 7) is 1.44. The van der Waals surface area contributed by atoms with Gasteiger partial charge < -0.3 is 29.7 Å². The first-order valence-electron chi connectivity index (χ1n) is 5.94. The van der Waals surface area contributed by atoms with E-state index >= 15 is 0 Å². The second-order valence-corrected chi connectivity index (χ2v) is 4.32. The molecule has 20 heavy (non-hydrogen) atoms. The molecule has 0 radical (unpaired) electrons. The summed E-state index contributed by atoms with van der Waals surface area (Å²) in [6.07, 6.45) is 0.288. The van der Waals surface area contributed by atoms with Crippen LogP contribution < -0.4 is 0 Å². The number of aliphatic hydroxyl groups excluding tert-OH is 3. The molecule has 0 aromatic rings. The van der Waals surface area contributed by atoms with Crippen molar-refractivity contribution in [1.82, 2.24) is 4.90 Å². The molecule has 0 saturated heterocycles. The lowest BCUT2D eigenvalue weighted by atomic mass is 9.93. The number of nitrogens with zero attached hydrogens (tertiary/aromatic N) is 1. The summed E-state index contributed by atoms with van der Waals surface area (Å²) < 4.78 is 9.57. The molecular formula is C12H21NO7. The first kappa shape index (κ1) is 18.4. The minimum absolute atomic E-state index is 0.0123. The molecule has 0 atom stereocenters. The minimum atomic E-state index is -1.27. The zero-order valence-electron chi connectivity index (χ0n) is 11.4. The van der Waals surface area contributed by atoms with Crippen LogP contribution in [0.4, 0.5) is 4.79 Å². The Morgan fingerprint density at radius 3 is 2.20 bits per heavy atom. The van der Waals surface area contributed by atoms with Gasteiger partial charge in [-0.2, -0.15) is 0 Å². The van der Waals surface area contributed by atoms with Crippen molar-refractivity contribution in [1.29, 1.82) is 0 Å². The molecule has 116 valence electrons. The molecule has 0 aliphatic rings. The van der Waals surface area contributed by atoms with E-state index in [1.165, 1.54) is 7.05 Å². The van der Waals surface area contributed by atoms with E-state index in [-0.39, 0.29) is 19.8 Å². The Bertz CT molecular complexity index is 320. The van der Waals surface area contributed by atoms with Crippen LogP contribution in [0.3, 0.4) is 0 Å². The molecule has 8 nitrogen and oxygen atoms in total. The van der Waals surface area contributed by atoms with Crippen LogP contribution in [0, 0.1) is 5.41 Å². The fourth-order valence-corrected chi connectivity index (χ4v) is 1.05. The maximum Gasteiger partial charge on any atom is 0.409 e. The Morgan fingerprint density at radius 1 is 1.20 bits per heavy atom. The van der Waals surface area contributed by atoms with Crippen molar-refractivity contribution in [2.24, 2.45) is 5.41 Å². The van der Waals surface area contributed by atoms with Crippen LogP contribution in [0.25, 0.3) is 0 Å². The molecule has 0 aliphatic carbocycles. The Hall–Kier alpha value is -1.64. The molecule has 0 aromatic carbocycles. The summed E-state index contributed by atoms with van der Waals surface area (Å²) in [6, 6.07) is 0. The van der Waals surface area contributed by atoms with Crippen LogP contribution in [0.5, 0.6) is 0 Å². The van der Waals surface area contributed by atoms with Crippen molar-refractivity contribution in [3.05, 3.63) is 12.7 Å². The number of carbonyl (C=O) groups excluding carboxylic acids is 2. The van der Waals surface area contributed by atoms with Crippen molar-refractivity contribution in [2.75, 3.05) is 46.6 Å². The fraction of sp³-hybridized carbons (Fsp3) is 0.667. The first-order chi connectivity index (χ1) is 9.44. The Labute approximate surface area is 117 Å². The molecule has 1 amide bonds. The highest BCUT2D eigenvalue weighted by molar-refractivity contribution is 5.81. The summed E-state index contributed by atoms with van der Waals surface area (Å²) in [4.78, 5) is 23.5. The zero-order valence-corrected chi connectivity index (χ0v) is 11.4. The van der Waals surface area contributed by atoms with Crippen LogP contribution in [-0.4, -0.2) is 78.9 Å². The smallest absolute Gasteiger partial charge is 0.409 e. The lowest BCUT2D eigenvalue weighted by Crippen LogP contribution is -2.41. The Kier molecular flexibility index (Phi) is 8.53. The number of aliphatic hydroxyl groups is 3. The van der Waals surface area contributed by atoms with Crippen LogP contribution >= 0.6 is 0 Å². The molecule has 8 heteroatoms. The van der Waals surface area contributed by atoms with Crippen molar-refractivity contribution < 1.29 is 34.4 Å². The predicted octanol–water partition coefficient (Wildman–Crippen LogP) is -1.25. The standard InChI is InChI=1S/C12H21NO7/c1-3-10(17)19-5-4-13(2)11(18)20-9-12(6-14,7-15)8-16/h3,14-16H,1,4-9H2,2H3. The van der Waals surface area contributed by atoms with Crippen molar-refractivity contribution in [3.8, 4) is 0 Å². The number of hydrogen-bond acceptors (Lipinski definition) is 7. The second kappa shape index (κ2) is 9.29. The molecular weight excluding hydrogens is 270 g/mol. The predicted molar refractivity (Wildman–Crippen MR) is 68.8 cm³/mol. The average molecular weight is 291 g/mol. The number of amides is 1. The highest BCUT2D eigenvalue weighted by Gasteiger charge is 2.30. The van der Waals surface area contributed by atoms with Gasteiger partial charge in [0.15, 0.2) is 0 Å². The van der Waals surface area contributed by atoms with Gasteiger partial charge in [-0.05, 0) is 0 Å². The molecule has 0 unspecified atom stereocenters. The SMILES string of the molecule is C=CC(=O)OCCN(C)C(=O)OCC(CO)(CO)CO. The monoisotopic (exact) mass is 291 g/mol. The molecule has 0 bridgehead atoms. The van der Waals surface area contributed by atoms with E-state index in [1.807, 2.05) is 0 Å². The molecule has 0 fully saturated rings. The van der Waals surface area contributed by atoms with E-state index < -0.39 is 37.3 Å². The number of hydrogen-bond donors (Lipinski definition) is 3. The Morgan fingerprint density at radius 2 is 1.75 bits per heavy atom. The van der Waals surface area contributed by atoms with Crippen molar-refractivity contribution in [2.45, 2.75) is 0 Å². The largest absolute Gasteiger partial charge is 0.461 e. The number of likely N-dealkylation sites (N-methyl/N-ethyl adjacent to an activating group) is 1. The lowest BCUT2D eigenvalue weighted by molar-refractivity contribution is -0.138. The van der Waals surface area contributed by atoms with Gasteiger partial charge in [0.25, 0.3) is 0 Å². The number of esters is 1. The first-order valence-corrected chi connectivity index (χ1v) is 5.94. The van der Waals surface area contributed by atoms with Gasteiger partial charge in [-0.1, -0.05) is 6.58 Å². The van der Waals surface area contributed by atoms with E-state index in [4.69, 9.17) is 24.8 Å². The van der Waals surface area contributed by atoms with E-state index in [9.17, 15) is 9.59 Å². The van der Waals surface area contributed by atoms with E-state index in [1.54, 1.807) is 0 Å². The van der Waals surface area contributed by atoms with Gasteiger partial charge in [0, 0.05) is 13.1 Å². The quantitative estimate of drug-likeness (QED) is 0.359. The molecule has 0 heterocycles. The van der Waals surface area contributed by atoms with E-state index in [0.29, 0.717) is 0 Å². The number of carbonyl (C=O) groups is 2. The van der Waals surface area contributed by atoms with E-state index in [0.717, 1.165) is 11.0 Å². The molecule has 0 saturated carbocycles. The average Bonchev–Trinajstić information content (AvgIpc) is 2.48. The summed E-state index contributed by atoms with van der Waals surface area (Å²) in [7, 11) is 1.43. The maximum absolute atomic E-state index is 11.6. The molecule has 0 aromatic heterocycles. The third kappa shape index (κ3) is 6.00. The fourth-order valence-electron chi connectivity index (χ4n) is 1.05. The topological polar surface area (TPSA) is 117 Å². The summed E-state index contributed by atoms with van der Waals surface area (Å²) in [5.74, 6) is -0.591. The number of rotatable bonds is 9.